The van der Waals surface area contributed by atoms with Crippen molar-refractivity contribution in [2.24, 2.45) is 20.4 Å². The van der Waals surface area contributed by atoms with Crippen LogP contribution in [0.25, 0.3) is 0 Å². The number of rotatable bonds is 4. The normalized spacial score (nSPS) is 13.5. The first-order chi connectivity index (χ1) is 7.60. The van der Waals surface area contributed by atoms with Gasteiger partial charge in [0.2, 0.25) is 0 Å². The van der Waals surface area contributed by atoms with Crippen LogP contribution < -0.4 is 5.32 Å². The first-order valence-corrected chi connectivity index (χ1v) is 5.29. The summed E-state index contributed by atoms with van der Waals surface area (Å²) in [6, 6.07) is 0. The van der Waals surface area contributed by atoms with Gasteiger partial charge in [-0.15, -0.1) is 5.10 Å². The van der Waals surface area contributed by atoms with E-state index in [9.17, 15) is 0 Å². The fourth-order valence-corrected chi connectivity index (χ4v) is 0.718. The van der Waals surface area contributed by atoms with Gasteiger partial charge in [-0.05, 0) is 19.0 Å². The smallest absolute Gasteiger partial charge is 0.741 e. The molecule has 0 saturated heterocycles. The summed E-state index contributed by atoms with van der Waals surface area (Å²) in [4.78, 5) is 0. The monoisotopic (exact) mass is 322 g/mol. The molecule has 0 spiro atoms. The van der Waals surface area contributed by atoms with Crippen LogP contribution in [0.2, 0.25) is 0 Å². The number of hydrogen-bond donors (Lipinski definition) is 1. The van der Waals surface area contributed by atoms with E-state index in [2.05, 4.69) is 25.7 Å². The maximum Gasteiger partial charge on any atom is 2.00 e. The third kappa shape index (κ3) is 11.5. The molecule has 0 aromatic carbocycles. The largest absolute Gasteiger partial charge is 2.00 e. The van der Waals surface area contributed by atoms with E-state index in [1.54, 1.807) is 14.0 Å². The maximum atomic E-state index is 4.90. The van der Waals surface area contributed by atoms with Gasteiger partial charge in [-0.1, -0.05) is 0 Å². The molecule has 17 heavy (non-hydrogen) atoms. The van der Waals surface area contributed by atoms with E-state index < -0.39 is 0 Å². The van der Waals surface area contributed by atoms with Gasteiger partial charge in [-0.2, -0.15) is 15.3 Å². The zero-order valence-electron chi connectivity index (χ0n) is 9.60. The SMILES string of the molecule is CCOC([S-])=NN=CC(C)=NN=C([S-])NC.[Cu+2]. The first-order valence-electron chi connectivity index (χ1n) is 4.48. The van der Waals surface area contributed by atoms with Crippen molar-refractivity contribution in [1.82, 2.24) is 5.32 Å². The van der Waals surface area contributed by atoms with Gasteiger partial charge in [0.25, 0.3) is 0 Å². The minimum absolute atomic E-state index is 0. The second kappa shape index (κ2) is 11.7. The van der Waals surface area contributed by atoms with Gasteiger partial charge >= 0.3 is 17.1 Å². The molecule has 0 aliphatic rings. The fraction of sp³-hybridized carbons (Fsp3) is 0.500. The average molecular weight is 323 g/mol. The molecule has 0 aromatic heterocycles. The molecule has 0 heterocycles. The Morgan fingerprint density at radius 1 is 1.29 bits per heavy atom. The molecule has 0 aliphatic heterocycles. The van der Waals surface area contributed by atoms with E-state index >= 15 is 0 Å². The van der Waals surface area contributed by atoms with Crippen molar-refractivity contribution in [3.05, 3.63) is 0 Å². The van der Waals surface area contributed by atoms with Crippen LogP contribution in [-0.2, 0) is 47.1 Å². The predicted molar refractivity (Wildman–Crippen MR) is 71.9 cm³/mol. The summed E-state index contributed by atoms with van der Waals surface area (Å²) in [6.07, 6.45) is 1.41. The fourth-order valence-electron chi connectivity index (χ4n) is 0.512. The summed E-state index contributed by atoms with van der Waals surface area (Å²) < 4.78 is 4.90. The molecule has 6 nitrogen and oxygen atoms in total. The summed E-state index contributed by atoms with van der Waals surface area (Å²) in [6.45, 7) is 4.00. The summed E-state index contributed by atoms with van der Waals surface area (Å²) in [5.74, 6) is 0. The molecule has 0 saturated carbocycles. The third-order valence-corrected chi connectivity index (χ3v) is 1.65. The first kappa shape index (κ1) is 18.6. The molecule has 0 atom stereocenters. The van der Waals surface area contributed by atoms with Crippen LogP contribution in [0.3, 0.4) is 0 Å². The van der Waals surface area contributed by atoms with Gasteiger partial charge in [-0.25, -0.2) is 0 Å². The molecule has 0 bridgehead atoms. The third-order valence-electron chi connectivity index (χ3n) is 1.16. The molecule has 0 aliphatic carbocycles. The van der Waals surface area contributed by atoms with Gasteiger partial charge in [0, 0.05) is 7.05 Å². The second-order valence-electron chi connectivity index (χ2n) is 2.44. The van der Waals surface area contributed by atoms with E-state index in [-0.39, 0.29) is 22.3 Å². The van der Waals surface area contributed by atoms with Crippen LogP contribution in [0.15, 0.2) is 20.4 Å². The summed E-state index contributed by atoms with van der Waals surface area (Å²) in [5, 5.41) is 17.8. The predicted octanol–water partition coefficient (Wildman–Crippen LogP) is 0.407. The molecular weight excluding hydrogens is 310 g/mol. The van der Waals surface area contributed by atoms with Gasteiger partial charge in [0.05, 0.1) is 23.8 Å². The van der Waals surface area contributed by atoms with Crippen LogP contribution in [-0.4, -0.2) is 36.0 Å². The van der Waals surface area contributed by atoms with Crippen molar-refractivity contribution in [2.75, 3.05) is 13.7 Å². The molecule has 9 heteroatoms. The Hall–Kier alpha value is -0.761. The Morgan fingerprint density at radius 2 is 1.94 bits per heavy atom. The van der Waals surface area contributed by atoms with E-state index in [0.29, 0.717) is 17.5 Å². The summed E-state index contributed by atoms with van der Waals surface area (Å²) in [7, 11) is 1.67. The van der Waals surface area contributed by atoms with Crippen LogP contribution in [0, 0.1) is 0 Å². The Kier molecular flexibility index (Phi) is 12.8. The zero-order chi connectivity index (χ0) is 12.4. The van der Waals surface area contributed by atoms with Crippen molar-refractivity contribution in [3.8, 4) is 0 Å². The number of ether oxygens (including phenoxy) is 1. The van der Waals surface area contributed by atoms with E-state index in [1.807, 2.05) is 6.92 Å². The van der Waals surface area contributed by atoms with Gasteiger partial charge in [-0.3, -0.25) is 0 Å². The van der Waals surface area contributed by atoms with Crippen molar-refractivity contribution >= 4 is 47.6 Å². The molecule has 99 valence electrons. The molecule has 1 N–H and O–H groups in total. The molecule has 0 fully saturated rings. The van der Waals surface area contributed by atoms with Gasteiger partial charge < -0.3 is 35.3 Å². The van der Waals surface area contributed by atoms with Gasteiger partial charge in [0.15, 0.2) is 0 Å². The Bertz CT molecular complexity index is 330. The van der Waals surface area contributed by atoms with E-state index in [1.165, 1.54) is 6.21 Å². The molecule has 0 amide bonds. The second-order valence-corrected chi connectivity index (χ2v) is 3.18. The minimum atomic E-state index is 0. The minimum Gasteiger partial charge on any atom is -0.741 e. The molecule has 0 aromatic rings. The maximum absolute atomic E-state index is 4.90. The topological polar surface area (TPSA) is 70.7 Å². The summed E-state index contributed by atoms with van der Waals surface area (Å²) >= 11 is 9.50. The number of amidine groups is 1. The van der Waals surface area contributed by atoms with Crippen LogP contribution >= 0.6 is 0 Å². The average Bonchev–Trinajstić information content (AvgIpc) is 2.26. The molecule has 0 rings (SSSR count). The number of nitrogens with one attached hydrogen (secondary N) is 1. The summed E-state index contributed by atoms with van der Waals surface area (Å²) in [5.41, 5.74) is 0.556. The van der Waals surface area contributed by atoms with E-state index in [0.717, 1.165) is 0 Å². The van der Waals surface area contributed by atoms with Crippen LogP contribution in [0.5, 0.6) is 0 Å². The Balaban J connectivity index is 0. The van der Waals surface area contributed by atoms with Crippen molar-refractivity contribution in [1.29, 1.82) is 0 Å². The molecule has 1 radical (unpaired) electrons. The van der Waals surface area contributed by atoms with Gasteiger partial charge in [0.1, 0.15) is 0 Å². The quantitative estimate of drug-likeness (QED) is 0.267. The molecule has 0 unspecified atom stereocenters. The van der Waals surface area contributed by atoms with Crippen molar-refractivity contribution < 1.29 is 21.8 Å². The standard InChI is InChI=1S/C8H15N5OS2.Cu/c1-4-14-8(16)13-10-5-6(2)11-12-7(15)9-3;/h5H,4H2,1-3H3,(H,13,16)(H2,9,12,15);/q;+2/p-2. The van der Waals surface area contributed by atoms with E-state index in [4.69, 9.17) is 30.0 Å². The van der Waals surface area contributed by atoms with Crippen LogP contribution in [0.1, 0.15) is 13.8 Å². The van der Waals surface area contributed by atoms with Crippen molar-refractivity contribution in [2.45, 2.75) is 13.8 Å². The van der Waals surface area contributed by atoms with Crippen molar-refractivity contribution in [3.63, 3.8) is 0 Å². The molecular formula is C8H13CuN5OS2. The van der Waals surface area contributed by atoms with Crippen LogP contribution in [0.4, 0.5) is 0 Å². The Morgan fingerprint density at radius 3 is 2.47 bits per heavy atom. The number of nitrogens with zero attached hydrogens (tertiary/aromatic N) is 4. The Labute approximate surface area is 122 Å². The number of hydrogen-bond acceptors (Lipinski definition) is 7. The zero-order valence-corrected chi connectivity index (χ0v) is 12.2.